The molecule has 3 heterocycles. The molecule has 0 radical (unpaired) electrons. The lowest BCUT2D eigenvalue weighted by Crippen LogP contribution is -2.09. The van der Waals surface area contributed by atoms with Crippen LogP contribution < -0.4 is 16.0 Å². The Labute approximate surface area is 295 Å². The molecule has 0 spiro atoms. The zero-order valence-electron chi connectivity index (χ0n) is 27.7. The summed E-state index contributed by atoms with van der Waals surface area (Å²) in [6.45, 7) is 2.74. The van der Waals surface area contributed by atoms with Crippen LogP contribution in [0.5, 0.6) is 11.5 Å². The molecule has 53 heavy (non-hydrogen) atoms. The summed E-state index contributed by atoms with van der Waals surface area (Å²) >= 11 is 0. The van der Waals surface area contributed by atoms with Crippen molar-refractivity contribution < 1.29 is 41.0 Å². The molecule has 0 aliphatic rings. The zero-order chi connectivity index (χ0) is 38.0. The van der Waals surface area contributed by atoms with Crippen LogP contribution in [0.1, 0.15) is 16.7 Å². The maximum atomic E-state index is 14.6. The number of fused-ring (bicyclic) bond motifs is 2. The lowest BCUT2D eigenvalue weighted by Gasteiger charge is -2.12. The molecule has 0 saturated carbocycles. The fraction of sp³-hybridized carbons (Fsp3) is 0.108. The number of benzene rings is 4. The van der Waals surface area contributed by atoms with E-state index < -0.39 is 57.2 Å². The third kappa shape index (κ3) is 6.76. The molecule has 0 saturated heterocycles. The third-order valence-corrected chi connectivity index (χ3v) is 8.06. The minimum atomic E-state index is -1.32. The number of ether oxygens (including phenoxy) is 2. The fourth-order valence-electron chi connectivity index (χ4n) is 5.59. The standard InChI is InChI=1S/C19H13F2NO4.C18H10F2N4O3/c1-10-13-7-14(20)18(25-9-24-2)16(21)17(13)26-19(23)15(10)12-5-3-4-11(6-12)8-22;1-8-11-6-12(19)15(25)14(20)16(11)27-18(26)13(8)9-3-2-4-10(5-9)17-23-21-7-22-24-17/h3-7H,9H2,1-2H3;2-7,25H,1H3. The predicted molar refractivity (Wildman–Crippen MR) is 181 cm³/mol. The van der Waals surface area contributed by atoms with Gasteiger partial charge in [0.25, 0.3) is 0 Å². The van der Waals surface area contributed by atoms with Gasteiger partial charge in [-0.15, -0.1) is 20.4 Å². The Morgan fingerprint density at radius 1 is 0.774 bits per heavy atom. The Balaban J connectivity index is 0.000000182. The van der Waals surface area contributed by atoms with Gasteiger partial charge in [-0.05, 0) is 66.4 Å². The van der Waals surface area contributed by atoms with Gasteiger partial charge in [-0.25, -0.2) is 18.4 Å². The largest absolute Gasteiger partial charge is 0.503 e. The number of aromatic nitrogens is 4. The van der Waals surface area contributed by atoms with Crippen LogP contribution in [0.3, 0.4) is 0 Å². The number of aryl methyl sites for hydroxylation is 2. The number of hydrogen-bond donors (Lipinski definition) is 1. The summed E-state index contributed by atoms with van der Waals surface area (Å²) in [5, 5.41) is 33.6. The minimum absolute atomic E-state index is 0.0436. The Morgan fingerprint density at radius 3 is 1.92 bits per heavy atom. The molecule has 0 fully saturated rings. The molecule has 0 aliphatic carbocycles. The van der Waals surface area contributed by atoms with Gasteiger partial charge in [-0.2, -0.15) is 14.0 Å². The predicted octanol–water partition coefficient (Wildman–Crippen LogP) is 6.90. The lowest BCUT2D eigenvalue weighted by molar-refractivity contribution is 0.0453. The van der Waals surface area contributed by atoms with E-state index in [2.05, 4.69) is 25.1 Å². The first-order valence-corrected chi connectivity index (χ1v) is 15.3. The smallest absolute Gasteiger partial charge is 0.344 e. The fourth-order valence-corrected chi connectivity index (χ4v) is 5.59. The van der Waals surface area contributed by atoms with Gasteiger partial charge < -0.3 is 23.4 Å². The van der Waals surface area contributed by atoms with E-state index in [4.69, 9.17) is 18.8 Å². The second-order valence-electron chi connectivity index (χ2n) is 11.2. The van der Waals surface area contributed by atoms with Gasteiger partial charge in [0.2, 0.25) is 17.5 Å². The molecule has 0 aliphatic heterocycles. The number of halogens is 4. The maximum Gasteiger partial charge on any atom is 0.344 e. The first kappa shape index (κ1) is 35.8. The van der Waals surface area contributed by atoms with Gasteiger partial charge in [0.05, 0.1) is 22.8 Å². The molecule has 1 N–H and O–H groups in total. The van der Waals surface area contributed by atoms with E-state index in [1.54, 1.807) is 56.3 Å². The van der Waals surface area contributed by atoms with Gasteiger partial charge in [0.1, 0.15) is 0 Å². The summed E-state index contributed by atoms with van der Waals surface area (Å²) in [6.07, 6.45) is 1.19. The van der Waals surface area contributed by atoms with Crippen LogP contribution in [0, 0.1) is 48.4 Å². The number of hydrogen-bond acceptors (Lipinski definition) is 12. The van der Waals surface area contributed by atoms with Crippen molar-refractivity contribution in [2.45, 2.75) is 13.8 Å². The molecule has 266 valence electrons. The molecular weight excluding hydrogens is 702 g/mol. The first-order valence-electron chi connectivity index (χ1n) is 15.3. The van der Waals surface area contributed by atoms with Crippen molar-refractivity contribution in [1.82, 2.24) is 20.4 Å². The monoisotopic (exact) mass is 725 g/mol. The van der Waals surface area contributed by atoms with Crippen molar-refractivity contribution in [3.8, 4) is 51.2 Å². The van der Waals surface area contributed by atoms with Crippen LogP contribution in [0.2, 0.25) is 0 Å². The number of phenols is 1. The molecule has 0 unspecified atom stereocenters. The lowest BCUT2D eigenvalue weighted by atomic mass is 9.97. The first-order chi connectivity index (χ1) is 25.4. The summed E-state index contributed by atoms with van der Waals surface area (Å²) in [4.78, 5) is 24.9. The van der Waals surface area contributed by atoms with Crippen molar-refractivity contribution >= 4 is 21.9 Å². The van der Waals surface area contributed by atoms with Gasteiger partial charge in [0.15, 0.2) is 47.4 Å². The molecule has 4 aromatic carbocycles. The number of nitrogens with zero attached hydrogens (tertiary/aromatic N) is 5. The van der Waals surface area contributed by atoms with E-state index in [1.807, 2.05) is 6.07 Å². The molecule has 0 bridgehead atoms. The van der Waals surface area contributed by atoms with E-state index >= 15 is 0 Å². The molecule has 0 amide bonds. The van der Waals surface area contributed by atoms with Crippen LogP contribution >= 0.6 is 0 Å². The van der Waals surface area contributed by atoms with Gasteiger partial charge in [-0.1, -0.05) is 30.3 Å². The highest BCUT2D eigenvalue weighted by atomic mass is 19.1. The second-order valence-corrected chi connectivity index (χ2v) is 11.2. The summed E-state index contributed by atoms with van der Waals surface area (Å²) in [5.74, 6) is -6.14. The quantitative estimate of drug-likeness (QED) is 0.107. The van der Waals surface area contributed by atoms with Gasteiger partial charge in [0, 0.05) is 23.4 Å². The van der Waals surface area contributed by atoms with Crippen molar-refractivity contribution in [2.24, 2.45) is 0 Å². The van der Waals surface area contributed by atoms with E-state index in [1.165, 1.54) is 19.5 Å². The van der Waals surface area contributed by atoms with E-state index in [9.17, 15) is 32.3 Å². The average molecular weight is 726 g/mol. The van der Waals surface area contributed by atoms with Gasteiger partial charge >= 0.3 is 11.3 Å². The van der Waals surface area contributed by atoms with E-state index in [0.29, 0.717) is 33.4 Å². The van der Waals surface area contributed by atoms with Crippen LogP contribution in [0.15, 0.2) is 85.4 Å². The highest BCUT2D eigenvalue weighted by Gasteiger charge is 2.23. The van der Waals surface area contributed by atoms with E-state index in [0.717, 1.165) is 12.1 Å². The van der Waals surface area contributed by atoms with Crippen molar-refractivity contribution in [3.63, 3.8) is 0 Å². The van der Waals surface area contributed by atoms with E-state index in [-0.39, 0.29) is 34.5 Å². The highest BCUT2D eigenvalue weighted by molar-refractivity contribution is 5.89. The number of rotatable bonds is 6. The van der Waals surface area contributed by atoms with Crippen LogP contribution in [-0.4, -0.2) is 39.4 Å². The molecular formula is C37H23F4N5O7. The molecule has 7 aromatic rings. The second kappa shape index (κ2) is 14.7. The Bertz CT molecular complexity index is 2720. The molecule has 0 atom stereocenters. The van der Waals surface area contributed by atoms with Crippen molar-refractivity contribution in [3.05, 3.63) is 128 Å². The molecule has 7 rings (SSSR count). The third-order valence-electron chi connectivity index (χ3n) is 8.06. The molecule has 16 heteroatoms. The number of methoxy groups -OCH3 is 1. The average Bonchev–Trinajstić information content (AvgIpc) is 3.16. The number of aromatic hydroxyl groups is 1. The number of phenolic OH excluding ortho intramolecular Hbond substituents is 1. The molecule has 3 aromatic heterocycles. The Kier molecular flexibility index (Phi) is 9.94. The summed E-state index contributed by atoms with van der Waals surface area (Å²) in [5.41, 5.74) is 0.155. The SMILES string of the molecule is COCOc1c(F)cc2c(C)c(-c3cccc(C#N)c3)c(=O)oc2c1F.Cc1c(-c2cccc(-c3nncnn3)c2)c(=O)oc2c(F)c(O)c(F)cc12. The number of nitriles is 1. The topological polar surface area (TPSA) is 174 Å². The maximum absolute atomic E-state index is 14.6. The van der Waals surface area contributed by atoms with Crippen LogP contribution in [0.25, 0.3) is 55.6 Å². The summed E-state index contributed by atoms with van der Waals surface area (Å²) in [7, 11) is 1.31. The van der Waals surface area contributed by atoms with Crippen LogP contribution in [-0.2, 0) is 4.74 Å². The zero-order valence-corrected chi connectivity index (χ0v) is 27.7. The Hall–Kier alpha value is -6.99. The highest BCUT2D eigenvalue weighted by Crippen LogP contribution is 2.35. The van der Waals surface area contributed by atoms with Crippen molar-refractivity contribution in [1.29, 1.82) is 5.26 Å². The normalized spacial score (nSPS) is 10.9. The van der Waals surface area contributed by atoms with Crippen molar-refractivity contribution in [2.75, 3.05) is 13.9 Å². The Morgan fingerprint density at radius 2 is 1.32 bits per heavy atom. The summed E-state index contributed by atoms with van der Waals surface area (Å²) in [6, 6.07) is 16.9. The van der Waals surface area contributed by atoms with Gasteiger partial charge in [-0.3, -0.25) is 0 Å². The van der Waals surface area contributed by atoms with Crippen LogP contribution in [0.4, 0.5) is 17.6 Å². The summed E-state index contributed by atoms with van der Waals surface area (Å²) < 4.78 is 76.3. The minimum Gasteiger partial charge on any atom is -0.503 e. The molecule has 12 nitrogen and oxygen atoms in total.